The van der Waals surface area contributed by atoms with Crippen LogP contribution < -0.4 is 11.1 Å². The van der Waals surface area contributed by atoms with E-state index in [9.17, 15) is 9.59 Å². The number of ether oxygens (including phenoxy) is 1. The number of rotatable bonds is 8. The van der Waals surface area contributed by atoms with Crippen molar-refractivity contribution in [3.05, 3.63) is 0 Å². The van der Waals surface area contributed by atoms with Gasteiger partial charge in [0.1, 0.15) is 0 Å². The lowest BCUT2D eigenvalue weighted by Gasteiger charge is -2.19. The van der Waals surface area contributed by atoms with Crippen LogP contribution in [0.25, 0.3) is 0 Å². The summed E-state index contributed by atoms with van der Waals surface area (Å²) in [4.78, 5) is 22.1. The van der Waals surface area contributed by atoms with Gasteiger partial charge < -0.3 is 20.9 Å². The lowest BCUT2D eigenvalue weighted by molar-refractivity contribution is -0.140. The van der Waals surface area contributed by atoms with E-state index in [2.05, 4.69) is 5.32 Å². The van der Waals surface area contributed by atoms with Crippen LogP contribution in [0.3, 0.4) is 0 Å². The number of carbonyl (C=O) groups is 2. The Balaban J connectivity index is 4.11. The molecule has 6 heteroatoms. The largest absolute Gasteiger partial charge is 0.481 e. The molecule has 0 heterocycles. The maximum absolute atomic E-state index is 11.5. The lowest BCUT2D eigenvalue weighted by atomic mass is 10.0. The molecule has 1 amide bonds. The minimum absolute atomic E-state index is 0.0417. The maximum Gasteiger partial charge on any atom is 0.306 e. The average molecular weight is 246 g/mol. The van der Waals surface area contributed by atoms with E-state index in [1.54, 1.807) is 6.92 Å². The SMILES string of the molecule is CCOC(CNC(=O)[C@H](N)C(C)C)CC(=O)O. The number of carbonyl (C=O) groups excluding carboxylic acids is 1. The number of aliphatic carboxylic acids is 1. The molecule has 0 aromatic carbocycles. The first kappa shape index (κ1) is 15.9. The van der Waals surface area contributed by atoms with Crippen molar-refractivity contribution >= 4 is 11.9 Å². The highest BCUT2D eigenvalue weighted by Crippen LogP contribution is 2.00. The first-order valence-corrected chi connectivity index (χ1v) is 5.75. The molecule has 0 radical (unpaired) electrons. The van der Waals surface area contributed by atoms with Gasteiger partial charge in [-0.3, -0.25) is 9.59 Å². The first-order chi connectivity index (χ1) is 7.88. The molecule has 0 rings (SSSR count). The summed E-state index contributed by atoms with van der Waals surface area (Å²) in [7, 11) is 0. The zero-order valence-corrected chi connectivity index (χ0v) is 10.6. The summed E-state index contributed by atoms with van der Waals surface area (Å²) in [5.74, 6) is -1.19. The van der Waals surface area contributed by atoms with Gasteiger partial charge in [0.25, 0.3) is 0 Å². The van der Waals surface area contributed by atoms with Crippen LogP contribution in [0.15, 0.2) is 0 Å². The Labute approximate surface area is 102 Å². The predicted octanol–water partition coefficient (Wildman–Crippen LogP) is -0.0343. The highest BCUT2D eigenvalue weighted by molar-refractivity contribution is 5.81. The van der Waals surface area contributed by atoms with Crippen molar-refractivity contribution in [2.75, 3.05) is 13.2 Å². The van der Waals surface area contributed by atoms with E-state index in [1.165, 1.54) is 0 Å². The number of nitrogens with two attached hydrogens (primary N) is 1. The molecule has 0 bridgehead atoms. The van der Waals surface area contributed by atoms with E-state index in [-0.39, 0.29) is 24.8 Å². The molecule has 0 aliphatic carbocycles. The second-order valence-electron chi connectivity index (χ2n) is 4.19. The number of carboxylic acids is 1. The minimum Gasteiger partial charge on any atom is -0.481 e. The zero-order valence-electron chi connectivity index (χ0n) is 10.6. The van der Waals surface area contributed by atoms with Gasteiger partial charge in [-0.15, -0.1) is 0 Å². The van der Waals surface area contributed by atoms with E-state index in [0.29, 0.717) is 6.61 Å². The Morgan fingerprint density at radius 2 is 2.00 bits per heavy atom. The fraction of sp³-hybridized carbons (Fsp3) is 0.818. The van der Waals surface area contributed by atoms with E-state index in [0.717, 1.165) is 0 Å². The second-order valence-corrected chi connectivity index (χ2v) is 4.19. The van der Waals surface area contributed by atoms with Crippen molar-refractivity contribution in [2.24, 2.45) is 11.7 Å². The Bertz CT molecular complexity index is 256. The summed E-state index contributed by atoms with van der Waals surface area (Å²) in [6, 6.07) is -0.581. The standard InChI is InChI=1S/C11H22N2O4/c1-4-17-8(5-9(14)15)6-13-11(16)10(12)7(2)3/h7-8,10H,4-6,12H2,1-3H3,(H,13,16)(H,14,15)/t8?,10-/m1/s1. The van der Waals surface area contributed by atoms with Crippen LogP contribution in [0.5, 0.6) is 0 Å². The van der Waals surface area contributed by atoms with E-state index >= 15 is 0 Å². The Morgan fingerprint density at radius 1 is 1.41 bits per heavy atom. The van der Waals surface area contributed by atoms with E-state index < -0.39 is 18.1 Å². The maximum atomic E-state index is 11.5. The molecule has 0 aliphatic heterocycles. The molecule has 0 aliphatic rings. The van der Waals surface area contributed by atoms with Gasteiger partial charge in [0.2, 0.25) is 5.91 Å². The van der Waals surface area contributed by atoms with E-state index in [1.807, 2.05) is 13.8 Å². The zero-order chi connectivity index (χ0) is 13.4. The predicted molar refractivity (Wildman–Crippen MR) is 63.5 cm³/mol. The summed E-state index contributed by atoms with van der Waals surface area (Å²) >= 11 is 0. The number of hydrogen-bond donors (Lipinski definition) is 3. The van der Waals surface area contributed by atoms with E-state index in [4.69, 9.17) is 15.6 Å². The van der Waals surface area contributed by atoms with Crippen molar-refractivity contribution in [2.45, 2.75) is 39.3 Å². The molecule has 0 saturated heterocycles. The number of carboxylic acid groups (broad SMARTS) is 1. The second kappa shape index (κ2) is 8.03. The minimum atomic E-state index is -0.953. The summed E-state index contributed by atoms with van der Waals surface area (Å²) in [6.45, 7) is 6.04. The van der Waals surface area contributed by atoms with Crippen LogP contribution in [0.1, 0.15) is 27.2 Å². The van der Waals surface area contributed by atoms with Crippen molar-refractivity contribution < 1.29 is 19.4 Å². The monoisotopic (exact) mass is 246 g/mol. The van der Waals surface area contributed by atoms with Crippen LogP contribution in [0.4, 0.5) is 0 Å². The molecule has 2 atom stereocenters. The highest BCUT2D eigenvalue weighted by Gasteiger charge is 2.19. The quantitative estimate of drug-likeness (QED) is 0.558. The molecule has 17 heavy (non-hydrogen) atoms. The Morgan fingerprint density at radius 3 is 2.41 bits per heavy atom. The molecule has 6 nitrogen and oxygen atoms in total. The summed E-state index contributed by atoms with van der Waals surface area (Å²) in [5.41, 5.74) is 5.65. The lowest BCUT2D eigenvalue weighted by Crippen LogP contribution is -2.46. The molecule has 0 aromatic rings. The highest BCUT2D eigenvalue weighted by atomic mass is 16.5. The molecule has 0 spiro atoms. The van der Waals surface area contributed by atoms with Gasteiger partial charge in [-0.25, -0.2) is 0 Å². The van der Waals surface area contributed by atoms with Crippen LogP contribution in [0, 0.1) is 5.92 Å². The molecule has 0 saturated carbocycles. The van der Waals surface area contributed by atoms with Crippen LogP contribution in [-0.4, -0.2) is 42.3 Å². The normalized spacial score (nSPS) is 14.4. The third-order valence-electron chi connectivity index (χ3n) is 2.33. The van der Waals surface area contributed by atoms with Gasteiger partial charge in [0.05, 0.1) is 18.6 Å². The average Bonchev–Trinajstić information content (AvgIpc) is 2.23. The van der Waals surface area contributed by atoms with Crippen LogP contribution in [0.2, 0.25) is 0 Å². The van der Waals surface area contributed by atoms with Gasteiger partial charge in [0.15, 0.2) is 0 Å². The number of nitrogens with one attached hydrogen (secondary N) is 1. The fourth-order valence-electron chi connectivity index (χ4n) is 1.26. The van der Waals surface area contributed by atoms with Gasteiger partial charge in [-0.1, -0.05) is 13.8 Å². The Hall–Kier alpha value is -1.14. The summed E-state index contributed by atoms with van der Waals surface area (Å²) in [5, 5.41) is 11.3. The Kier molecular flexibility index (Phi) is 7.49. The van der Waals surface area contributed by atoms with Crippen molar-refractivity contribution in [3.8, 4) is 0 Å². The topological polar surface area (TPSA) is 102 Å². The number of hydrogen-bond acceptors (Lipinski definition) is 4. The molecule has 100 valence electrons. The molecular formula is C11H22N2O4. The van der Waals surface area contributed by atoms with Crippen LogP contribution in [-0.2, 0) is 14.3 Å². The van der Waals surface area contributed by atoms with Gasteiger partial charge >= 0.3 is 5.97 Å². The first-order valence-electron chi connectivity index (χ1n) is 5.75. The summed E-state index contributed by atoms with van der Waals surface area (Å²) < 4.78 is 5.21. The molecule has 4 N–H and O–H groups in total. The van der Waals surface area contributed by atoms with Gasteiger partial charge in [0, 0.05) is 13.2 Å². The molecule has 0 aromatic heterocycles. The molecular weight excluding hydrogens is 224 g/mol. The van der Waals surface area contributed by atoms with Crippen molar-refractivity contribution in [1.29, 1.82) is 0 Å². The third kappa shape index (κ3) is 6.91. The summed E-state index contributed by atoms with van der Waals surface area (Å²) in [6.07, 6.45) is -0.647. The smallest absolute Gasteiger partial charge is 0.306 e. The van der Waals surface area contributed by atoms with Crippen molar-refractivity contribution in [1.82, 2.24) is 5.32 Å². The van der Waals surface area contributed by atoms with Crippen molar-refractivity contribution in [3.63, 3.8) is 0 Å². The molecule has 1 unspecified atom stereocenters. The van der Waals surface area contributed by atoms with Crippen LogP contribution >= 0.6 is 0 Å². The van der Waals surface area contributed by atoms with Gasteiger partial charge in [-0.05, 0) is 12.8 Å². The number of amides is 1. The third-order valence-corrected chi connectivity index (χ3v) is 2.33. The van der Waals surface area contributed by atoms with Gasteiger partial charge in [-0.2, -0.15) is 0 Å². The fourth-order valence-corrected chi connectivity index (χ4v) is 1.26. The molecule has 0 fully saturated rings.